The molecule has 5 nitrogen and oxygen atoms in total. The van der Waals surface area contributed by atoms with Gasteiger partial charge >= 0.3 is 0 Å². The Morgan fingerprint density at radius 1 is 1.12 bits per heavy atom. The first-order valence-corrected chi connectivity index (χ1v) is 8.94. The van der Waals surface area contributed by atoms with Crippen LogP contribution in [0.4, 0.5) is 11.4 Å². The highest BCUT2D eigenvalue weighted by atomic mass is 16.5. The molecule has 1 N–H and O–H groups in total. The van der Waals surface area contributed by atoms with Crippen LogP contribution in [-0.2, 0) is 9.59 Å². The van der Waals surface area contributed by atoms with Crippen molar-refractivity contribution in [3.8, 4) is 5.75 Å². The molecule has 2 aromatic carbocycles. The minimum absolute atomic E-state index is 0.0454. The van der Waals surface area contributed by atoms with Crippen molar-refractivity contribution >= 4 is 23.2 Å². The van der Waals surface area contributed by atoms with Crippen molar-refractivity contribution in [3.05, 3.63) is 53.6 Å². The normalized spacial score (nSPS) is 14.2. The third kappa shape index (κ3) is 4.23. The topological polar surface area (TPSA) is 58.6 Å². The Morgan fingerprint density at radius 2 is 1.92 bits per heavy atom. The van der Waals surface area contributed by atoms with E-state index in [1.165, 1.54) is 0 Å². The third-order valence-electron chi connectivity index (χ3n) is 4.55. The zero-order valence-corrected chi connectivity index (χ0v) is 15.2. The Balaban J connectivity index is 1.61. The van der Waals surface area contributed by atoms with Gasteiger partial charge < -0.3 is 15.0 Å². The second-order valence-corrected chi connectivity index (χ2v) is 6.61. The molecule has 1 aliphatic heterocycles. The zero-order valence-electron chi connectivity index (χ0n) is 15.2. The van der Waals surface area contributed by atoms with Crippen LogP contribution in [0.1, 0.15) is 30.4 Å². The summed E-state index contributed by atoms with van der Waals surface area (Å²) in [5, 5.41) is 2.85. The van der Waals surface area contributed by atoms with E-state index >= 15 is 0 Å². The Labute approximate surface area is 154 Å². The molecule has 1 aliphatic rings. The predicted octanol–water partition coefficient (Wildman–Crippen LogP) is 3.84. The molecule has 0 radical (unpaired) electrons. The lowest BCUT2D eigenvalue weighted by molar-refractivity contribution is -0.119. The molecule has 0 atom stereocenters. The van der Waals surface area contributed by atoms with Crippen LogP contribution in [0.25, 0.3) is 0 Å². The molecular weight excluding hydrogens is 328 g/mol. The summed E-state index contributed by atoms with van der Waals surface area (Å²) in [7, 11) is 0. The van der Waals surface area contributed by atoms with Gasteiger partial charge in [-0.15, -0.1) is 0 Å². The largest absolute Gasteiger partial charge is 0.483 e. The molecule has 136 valence electrons. The van der Waals surface area contributed by atoms with Gasteiger partial charge in [0, 0.05) is 24.3 Å². The fourth-order valence-electron chi connectivity index (χ4n) is 3.16. The molecule has 0 saturated carbocycles. The van der Waals surface area contributed by atoms with Crippen LogP contribution in [0.2, 0.25) is 0 Å². The smallest absolute Gasteiger partial charge is 0.262 e. The van der Waals surface area contributed by atoms with Crippen LogP contribution in [0.3, 0.4) is 0 Å². The molecule has 2 aromatic rings. The molecule has 0 aromatic heterocycles. The average Bonchev–Trinajstić information content (AvgIpc) is 2.62. The standard InChI is InChI=1S/C21H24N2O3/c1-15-7-3-4-8-19(15)26-14-20(24)22-17-10-11-18(16(2)13-17)23-12-6-5-9-21(23)25/h3-4,7-8,10-11,13H,5-6,9,12,14H2,1-2H3,(H,22,24). The molecule has 5 heteroatoms. The fourth-order valence-corrected chi connectivity index (χ4v) is 3.16. The lowest BCUT2D eigenvalue weighted by Gasteiger charge is -2.28. The van der Waals surface area contributed by atoms with Gasteiger partial charge in [0.05, 0.1) is 0 Å². The Kier molecular flexibility index (Phi) is 5.56. The summed E-state index contributed by atoms with van der Waals surface area (Å²) >= 11 is 0. The Hall–Kier alpha value is -2.82. The van der Waals surface area contributed by atoms with E-state index in [1.54, 1.807) is 0 Å². The van der Waals surface area contributed by atoms with Crippen LogP contribution in [-0.4, -0.2) is 25.0 Å². The number of hydrogen-bond acceptors (Lipinski definition) is 3. The highest BCUT2D eigenvalue weighted by molar-refractivity contribution is 5.96. The van der Waals surface area contributed by atoms with Crippen molar-refractivity contribution < 1.29 is 14.3 Å². The first-order valence-electron chi connectivity index (χ1n) is 8.94. The van der Waals surface area contributed by atoms with Gasteiger partial charge in [-0.2, -0.15) is 0 Å². The van der Waals surface area contributed by atoms with E-state index in [9.17, 15) is 9.59 Å². The number of aryl methyl sites for hydroxylation is 2. The van der Waals surface area contributed by atoms with Gasteiger partial charge in [-0.05, 0) is 62.1 Å². The SMILES string of the molecule is Cc1ccccc1OCC(=O)Nc1ccc(N2CCCCC2=O)c(C)c1. The number of carbonyl (C=O) groups is 2. The number of benzene rings is 2. The van der Waals surface area contributed by atoms with E-state index in [0.29, 0.717) is 17.9 Å². The van der Waals surface area contributed by atoms with Crippen LogP contribution >= 0.6 is 0 Å². The number of para-hydroxylation sites is 1. The molecule has 1 fully saturated rings. The van der Waals surface area contributed by atoms with E-state index in [0.717, 1.165) is 36.2 Å². The van der Waals surface area contributed by atoms with Crippen LogP contribution < -0.4 is 15.0 Å². The van der Waals surface area contributed by atoms with Gasteiger partial charge in [0.15, 0.2) is 6.61 Å². The predicted molar refractivity (Wildman–Crippen MR) is 103 cm³/mol. The first-order chi connectivity index (χ1) is 12.5. The fraction of sp³-hybridized carbons (Fsp3) is 0.333. The van der Waals surface area contributed by atoms with Gasteiger partial charge in [-0.25, -0.2) is 0 Å². The molecule has 1 heterocycles. The van der Waals surface area contributed by atoms with Gasteiger partial charge in [-0.3, -0.25) is 9.59 Å². The number of nitrogens with zero attached hydrogens (tertiary/aromatic N) is 1. The molecule has 2 amide bonds. The number of piperidine rings is 1. The van der Waals surface area contributed by atoms with Crippen molar-refractivity contribution in [1.82, 2.24) is 0 Å². The third-order valence-corrected chi connectivity index (χ3v) is 4.55. The Morgan fingerprint density at radius 3 is 2.65 bits per heavy atom. The summed E-state index contributed by atoms with van der Waals surface area (Å²) in [4.78, 5) is 26.1. The number of ether oxygens (including phenoxy) is 1. The molecular formula is C21H24N2O3. The molecule has 26 heavy (non-hydrogen) atoms. The number of hydrogen-bond donors (Lipinski definition) is 1. The van der Waals surface area contributed by atoms with E-state index < -0.39 is 0 Å². The molecule has 0 unspecified atom stereocenters. The monoisotopic (exact) mass is 352 g/mol. The lowest BCUT2D eigenvalue weighted by Crippen LogP contribution is -2.35. The summed E-state index contributed by atoms with van der Waals surface area (Å²) in [6, 6.07) is 13.2. The molecule has 0 bridgehead atoms. The minimum Gasteiger partial charge on any atom is -0.483 e. The van der Waals surface area contributed by atoms with Crippen molar-refractivity contribution in [2.45, 2.75) is 33.1 Å². The number of amides is 2. The number of rotatable bonds is 5. The van der Waals surface area contributed by atoms with Crippen LogP contribution in [0.15, 0.2) is 42.5 Å². The minimum atomic E-state index is -0.213. The van der Waals surface area contributed by atoms with Crippen molar-refractivity contribution in [2.75, 3.05) is 23.4 Å². The lowest BCUT2D eigenvalue weighted by atomic mass is 10.1. The van der Waals surface area contributed by atoms with Crippen LogP contribution in [0.5, 0.6) is 5.75 Å². The van der Waals surface area contributed by atoms with Crippen LogP contribution in [0, 0.1) is 13.8 Å². The number of anilines is 2. The second kappa shape index (κ2) is 8.04. The average molecular weight is 352 g/mol. The quantitative estimate of drug-likeness (QED) is 0.889. The maximum absolute atomic E-state index is 12.1. The highest BCUT2D eigenvalue weighted by Gasteiger charge is 2.21. The summed E-state index contributed by atoms with van der Waals surface area (Å²) in [6.45, 7) is 4.61. The summed E-state index contributed by atoms with van der Waals surface area (Å²) < 4.78 is 5.57. The molecule has 3 rings (SSSR count). The molecule has 1 saturated heterocycles. The van der Waals surface area contributed by atoms with E-state index in [-0.39, 0.29) is 18.4 Å². The van der Waals surface area contributed by atoms with Gasteiger partial charge in [0.25, 0.3) is 5.91 Å². The summed E-state index contributed by atoms with van der Waals surface area (Å²) in [5.74, 6) is 0.662. The van der Waals surface area contributed by atoms with Crippen molar-refractivity contribution in [2.24, 2.45) is 0 Å². The number of carbonyl (C=O) groups excluding carboxylic acids is 2. The van der Waals surface area contributed by atoms with Gasteiger partial charge in [-0.1, -0.05) is 18.2 Å². The van der Waals surface area contributed by atoms with Gasteiger partial charge in [0.2, 0.25) is 5.91 Å². The summed E-state index contributed by atoms with van der Waals surface area (Å²) in [5.41, 5.74) is 3.59. The maximum atomic E-state index is 12.1. The highest BCUT2D eigenvalue weighted by Crippen LogP contribution is 2.27. The van der Waals surface area contributed by atoms with Gasteiger partial charge in [0.1, 0.15) is 5.75 Å². The molecule has 0 spiro atoms. The van der Waals surface area contributed by atoms with Crippen molar-refractivity contribution in [1.29, 1.82) is 0 Å². The summed E-state index contributed by atoms with van der Waals surface area (Å²) in [6.07, 6.45) is 2.59. The number of nitrogens with one attached hydrogen (secondary N) is 1. The van der Waals surface area contributed by atoms with E-state index in [1.807, 2.05) is 61.2 Å². The second-order valence-electron chi connectivity index (χ2n) is 6.61. The Bertz CT molecular complexity index is 817. The van der Waals surface area contributed by atoms with Crippen molar-refractivity contribution in [3.63, 3.8) is 0 Å². The zero-order chi connectivity index (χ0) is 18.5. The first kappa shape index (κ1) is 18.0. The van der Waals surface area contributed by atoms with E-state index in [4.69, 9.17) is 4.74 Å². The molecule has 0 aliphatic carbocycles. The van der Waals surface area contributed by atoms with E-state index in [2.05, 4.69) is 5.32 Å². The maximum Gasteiger partial charge on any atom is 0.262 e.